The van der Waals surface area contributed by atoms with Crippen LogP contribution in [0.4, 0.5) is 5.95 Å². The van der Waals surface area contributed by atoms with Gasteiger partial charge in [0.15, 0.2) is 0 Å². The first-order chi connectivity index (χ1) is 12.4. The second-order valence-corrected chi connectivity index (χ2v) is 6.51. The van der Waals surface area contributed by atoms with Crippen molar-refractivity contribution in [1.29, 1.82) is 0 Å². The molecular weight excluding hydrogens is 354 g/mol. The molecule has 0 spiro atoms. The molecule has 0 radical (unpaired) electrons. The van der Waals surface area contributed by atoms with Crippen LogP contribution in [0.2, 0.25) is 5.02 Å². The third-order valence-corrected chi connectivity index (χ3v) is 4.05. The molecule has 0 bridgehead atoms. The monoisotopic (exact) mass is 371 g/mol. The Morgan fingerprint density at radius 2 is 1.92 bits per heavy atom. The van der Waals surface area contributed by atoms with Crippen molar-refractivity contribution in [2.45, 2.75) is 19.4 Å². The number of carbonyl (C=O) groups is 1. The van der Waals surface area contributed by atoms with Crippen LogP contribution in [-0.4, -0.2) is 37.7 Å². The highest BCUT2D eigenvalue weighted by atomic mass is 35.5. The molecular formula is C17H18ClN7O. The van der Waals surface area contributed by atoms with E-state index in [2.05, 4.69) is 30.7 Å². The van der Waals surface area contributed by atoms with Gasteiger partial charge in [0.1, 0.15) is 5.69 Å². The molecule has 26 heavy (non-hydrogen) atoms. The smallest absolute Gasteiger partial charge is 0.254 e. The van der Waals surface area contributed by atoms with Gasteiger partial charge in [0.05, 0.1) is 40.4 Å². The summed E-state index contributed by atoms with van der Waals surface area (Å²) in [4.78, 5) is 24.6. The van der Waals surface area contributed by atoms with Crippen LogP contribution < -0.4 is 10.6 Å². The Hall–Kier alpha value is -3.00. The number of aromatic nitrogens is 5. The molecule has 3 rings (SSSR count). The summed E-state index contributed by atoms with van der Waals surface area (Å²) >= 11 is 6.23. The van der Waals surface area contributed by atoms with Crippen LogP contribution in [0.5, 0.6) is 0 Å². The molecule has 9 heteroatoms. The normalized spacial score (nSPS) is 11.2. The molecule has 0 saturated carbocycles. The minimum Gasteiger partial charge on any atom is -0.355 e. The molecule has 0 aliphatic heterocycles. The fourth-order valence-electron chi connectivity index (χ4n) is 2.41. The molecule has 0 atom stereocenters. The third-order valence-electron chi connectivity index (χ3n) is 3.75. The number of carbonyl (C=O) groups excluding carboxylic acids is 1. The van der Waals surface area contributed by atoms with Crippen LogP contribution in [0.1, 0.15) is 29.9 Å². The van der Waals surface area contributed by atoms with Gasteiger partial charge in [-0.25, -0.2) is 14.6 Å². The maximum absolute atomic E-state index is 11.6. The lowest BCUT2D eigenvalue weighted by molar-refractivity contribution is 0.0963. The Morgan fingerprint density at radius 1 is 1.19 bits per heavy atom. The number of anilines is 1. The first-order valence-corrected chi connectivity index (χ1v) is 8.27. The van der Waals surface area contributed by atoms with Crippen molar-refractivity contribution in [1.82, 2.24) is 30.0 Å². The number of nitrogens with zero attached hydrogens (tertiary/aromatic N) is 5. The molecule has 8 nitrogen and oxygen atoms in total. The van der Waals surface area contributed by atoms with Gasteiger partial charge >= 0.3 is 0 Å². The minimum atomic E-state index is -0.558. The summed E-state index contributed by atoms with van der Waals surface area (Å²) in [5.41, 5.74) is 1.24. The fourth-order valence-corrected chi connectivity index (χ4v) is 2.77. The van der Waals surface area contributed by atoms with Gasteiger partial charge in [-0.05, 0) is 26.0 Å². The van der Waals surface area contributed by atoms with Crippen LogP contribution >= 0.6 is 11.6 Å². The summed E-state index contributed by atoms with van der Waals surface area (Å²) in [7, 11) is 1.57. The van der Waals surface area contributed by atoms with Crippen LogP contribution in [-0.2, 0) is 5.54 Å². The molecule has 0 unspecified atom stereocenters. The zero-order chi connectivity index (χ0) is 18.7. The first kappa shape index (κ1) is 17.8. The number of hydrogen-bond acceptors (Lipinski definition) is 6. The van der Waals surface area contributed by atoms with Crippen molar-refractivity contribution in [2.75, 3.05) is 12.4 Å². The molecule has 3 heterocycles. The summed E-state index contributed by atoms with van der Waals surface area (Å²) in [6.07, 6.45) is 8.02. The molecule has 2 N–H and O–H groups in total. The van der Waals surface area contributed by atoms with E-state index in [4.69, 9.17) is 11.6 Å². The minimum absolute atomic E-state index is 0.204. The quantitative estimate of drug-likeness (QED) is 0.714. The van der Waals surface area contributed by atoms with Gasteiger partial charge in [0.2, 0.25) is 5.95 Å². The van der Waals surface area contributed by atoms with Gasteiger partial charge in [0.25, 0.3) is 5.91 Å². The molecule has 0 aliphatic rings. The van der Waals surface area contributed by atoms with E-state index in [1.165, 1.54) is 10.9 Å². The summed E-state index contributed by atoms with van der Waals surface area (Å²) < 4.78 is 1.54. The molecule has 0 saturated heterocycles. The average Bonchev–Trinajstić information content (AvgIpc) is 3.11. The van der Waals surface area contributed by atoms with E-state index in [1.807, 2.05) is 13.8 Å². The van der Waals surface area contributed by atoms with Gasteiger partial charge in [-0.15, -0.1) is 0 Å². The van der Waals surface area contributed by atoms with Crippen molar-refractivity contribution in [3.05, 3.63) is 59.4 Å². The van der Waals surface area contributed by atoms with Gasteiger partial charge < -0.3 is 10.6 Å². The van der Waals surface area contributed by atoms with Crippen LogP contribution in [0, 0.1) is 0 Å². The van der Waals surface area contributed by atoms with E-state index in [1.54, 1.807) is 44.0 Å². The van der Waals surface area contributed by atoms with Gasteiger partial charge in [-0.2, -0.15) is 5.10 Å². The molecule has 0 fully saturated rings. The van der Waals surface area contributed by atoms with E-state index in [9.17, 15) is 4.79 Å². The lowest BCUT2D eigenvalue weighted by atomic mass is 10.00. The summed E-state index contributed by atoms with van der Waals surface area (Å²) in [5, 5.41) is 10.5. The predicted octanol–water partition coefficient (Wildman–Crippen LogP) is 2.42. The second-order valence-electron chi connectivity index (χ2n) is 6.10. The largest absolute Gasteiger partial charge is 0.355 e. The Bertz CT molecular complexity index is 921. The predicted molar refractivity (Wildman–Crippen MR) is 98.4 cm³/mol. The molecule has 0 aromatic carbocycles. The Balaban J connectivity index is 1.78. The number of amides is 1. The molecule has 0 aliphatic carbocycles. The lowest BCUT2D eigenvalue weighted by Crippen LogP contribution is -2.30. The fraction of sp³-hybridized carbons (Fsp3) is 0.235. The Labute approximate surface area is 155 Å². The topological polar surface area (TPSA) is 97.6 Å². The highest BCUT2D eigenvalue weighted by Crippen LogP contribution is 2.28. The van der Waals surface area contributed by atoms with Gasteiger partial charge in [-0.1, -0.05) is 11.6 Å². The maximum atomic E-state index is 11.6. The van der Waals surface area contributed by atoms with Crippen molar-refractivity contribution < 1.29 is 4.79 Å². The molecule has 3 aromatic heterocycles. The zero-order valence-electron chi connectivity index (χ0n) is 14.6. The van der Waals surface area contributed by atoms with Crippen molar-refractivity contribution >= 4 is 23.5 Å². The van der Waals surface area contributed by atoms with Crippen molar-refractivity contribution in [3.63, 3.8) is 0 Å². The lowest BCUT2D eigenvalue weighted by Gasteiger charge is -2.26. The summed E-state index contributed by atoms with van der Waals surface area (Å²) in [6.45, 7) is 3.89. The highest BCUT2D eigenvalue weighted by Gasteiger charge is 2.25. The third kappa shape index (κ3) is 3.65. The number of hydrogen-bond donors (Lipinski definition) is 2. The average molecular weight is 372 g/mol. The number of nitrogens with one attached hydrogen (secondary N) is 2. The van der Waals surface area contributed by atoms with Crippen molar-refractivity contribution in [3.8, 4) is 5.69 Å². The van der Waals surface area contributed by atoms with Gasteiger partial charge in [-0.3, -0.25) is 9.78 Å². The summed E-state index contributed by atoms with van der Waals surface area (Å²) in [6, 6.07) is 3.57. The van der Waals surface area contributed by atoms with Gasteiger partial charge in [0, 0.05) is 19.4 Å². The Kier molecular flexibility index (Phi) is 4.85. The molecule has 134 valence electrons. The highest BCUT2D eigenvalue weighted by molar-refractivity contribution is 6.31. The Morgan fingerprint density at radius 3 is 2.58 bits per heavy atom. The van der Waals surface area contributed by atoms with Crippen molar-refractivity contribution in [2.24, 2.45) is 0 Å². The molecule has 3 aromatic rings. The molecule has 1 amide bonds. The van der Waals surface area contributed by atoms with E-state index in [0.29, 0.717) is 27.9 Å². The zero-order valence-corrected chi connectivity index (χ0v) is 15.3. The maximum Gasteiger partial charge on any atom is 0.254 e. The second kappa shape index (κ2) is 7.09. The standard InChI is InChI=1S/C17H18ClN7O/c1-17(2,14-13(18)5-4-6-20-14)24-16-21-8-12(9-22-16)25-10-11(7-23-25)15(26)19-3/h4-10H,1-3H3,(H,19,26)(H,21,22,24). The number of pyridine rings is 1. The number of rotatable bonds is 5. The van der Waals surface area contributed by atoms with Crippen LogP contribution in [0.15, 0.2) is 43.1 Å². The first-order valence-electron chi connectivity index (χ1n) is 7.89. The SMILES string of the molecule is CNC(=O)c1cnn(-c2cnc(NC(C)(C)c3ncccc3Cl)nc2)c1. The van der Waals surface area contributed by atoms with E-state index in [-0.39, 0.29) is 5.91 Å². The van der Waals surface area contributed by atoms with E-state index in [0.717, 1.165) is 0 Å². The van der Waals surface area contributed by atoms with Crippen LogP contribution in [0.3, 0.4) is 0 Å². The summed E-state index contributed by atoms with van der Waals surface area (Å²) in [5.74, 6) is 0.226. The van der Waals surface area contributed by atoms with Crippen LogP contribution in [0.25, 0.3) is 5.69 Å². The van der Waals surface area contributed by atoms with E-state index >= 15 is 0 Å². The number of halogens is 1. The van der Waals surface area contributed by atoms with E-state index < -0.39 is 5.54 Å².